The number of aryl methyl sites for hydroxylation is 1. The summed E-state index contributed by atoms with van der Waals surface area (Å²) in [7, 11) is -0.789. The summed E-state index contributed by atoms with van der Waals surface area (Å²) in [4.78, 5) is 12.0. The maximum atomic E-state index is 12.9. The van der Waals surface area contributed by atoms with Gasteiger partial charge < -0.3 is 4.57 Å². The van der Waals surface area contributed by atoms with Gasteiger partial charge in [-0.25, -0.2) is 12.8 Å². The molecule has 1 heterocycles. The number of carbonyl (C=O) groups is 1. The van der Waals surface area contributed by atoms with Gasteiger partial charge in [0.05, 0.1) is 17.1 Å². The van der Waals surface area contributed by atoms with Gasteiger partial charge >= 0.3 is 0 Å². The lowest BCUT2D eigenvalue weighted by atomic mass is 10.3. The van der Waals surface area contributed by atoms with Gasteiger partial charge in [-0.2, -0.15) is 4.31 Å². The van der Waals surface area contributed by atoms with E-state index in [2.05, 4.69) is 0 Å². The average Bonchev–Trinajstić information content (AvgIpc) is 2.85. The Balaban J connectivity index is 2.19. The number of likely N-dealkylation sites (N-methyl/N-ethyl adjacent to an activating group) is 1. The van der Waals surface area contributed by atoms with Crippen LogP contribution in [-0.2, 0) is 17.1 Å². The molecule has 0 radical (unpaired) electrons. The first-order valence-corrected chi connectivity index (χ1v) is 7.63. The van der Waals surface area contributed by atoms with E-state index >= 15 is 0 Å². The van der Waals surface area contributed by atoms with Crippen molar-refractivity contribution in [1.82, 2.24) is 8.87 Å². The zero-order valence-electron chi connectivity index (χ0n) is 11.7. The van der Waals surface area contributed by atoms with Crippen LogP contribution in [0.1, 0.15) is 10.5 Å². The number of benzene rings is 1. The molecule has 2 rings (SSSR count). The molecule has 1 aromatic carbocycles. The molecule has 2 aromatic rings. The number of carbonyl (C=O) groups excluding carboxylic acids is 1. The molecule has 0 saturated heterocycles. The predicted octanol–water partition coefficient (Wildman–Crippen LogP) is 1.67. The van der Waals surface area contributed by atoms with Crippen LogP contribution in [0, 0.1) is 5.82 Å². The molecular weight excluding hydrogens is 295 g/mol. The topological polar surface area (TPSA) is 59.4 Å². The molecule has 0 bridgehead atoms. The molecule has 21 heavy (non-hydrogen) atoms. The average molecular weight is 310 g/mol. The highest BCUT2D eigenvalue weighted by molar-refractivity contribution is 7.89. The molecule has 0 spiro atoms. The van der Waals surface area contributed by atoms with Crippen molar-refractivity contribution in [3.63, 3.8) is 0 Å². The fourth-order valence-electron chi connectivity index (χ4n) is 1.91. The van der Waals surface area contributed by atoms with E-state index in [1.165, 1.54) is 19.2 Å². The number of Topliss-reactive ketones (excluding diaryl/α,β-unsaturated/α-hetero) is 1. The minimum atomic E-state index is -3.82. The number of halogens is 1. The summed E-state index contributed by atoms with van der Waals surface area (Å²) >= 11 is 0. The first-order chi connectivity index (χ1) is 9.82. The van der Waals surface area contributed by atoms with Crippen LogP contribution in [-0.4, -0.2) is 36.7 Å². The summed E-state index contributed by atoms with van der Waals surface area (Å²) in [5, 5.41) is 0. The molecule has 0 aliphatic rings. The van der Waals surface area contributed by atoms with E-state index in [0.29, 0.717) is 5.69 Å². The number of ketones is 1. The molecular formula is C14H15FN2O3S. The van der Waals surface area contributed by atoms with Crippen molar-refractivity contribution in [1.29, 1.82) is 0 Å². The Bertz CT molecular complexity index is 751. The third kappa shape index (κ3) is 3.20. The Morgan fingerprint density at radius 3 is 2.38 bits per heavy atom. The molecule has 0 atom stereocenters. The second-order valence-electron chi connectivity index (χ2n) is 4.64. The van der Waals surface area contributed by atoms with Crippen molar-refractivity contribution in [3.8, 4) is 0 Å². The van der Waals surface area contributed by atoms with E-state index < -0.39 is 15.8 Å². The third-order valence-corrected chi connectivity index (χ3v) is 4.94. The monoisotopic (exact) mass is 310 g/mol. The zero-order chi connectivity index (χ0) is 15.6. The number of nitrogens with zero attached hydrogens (tertiary/aromatic N) is 2. The van der Waals surface area contributed by atoms with Crippen molar-refractivity contribution < 1.29 is 17.6 Å². The van der Waals surface area contributed by atoms with Gasteiger partial charge in [0.15, 0.2) is 5.78 Å². The van der Waals surface area contributed by atoms with Gasteiger partial charge in [0.2, 0.25) is 10.0 Å². The summed E-state index contributed by atoms with van der Waals surface area (Å²) in [6.45, 7) is -0.280. The van der Waals surface area contributed by atoms with E-state index in [9.17, 15) is 17.6 Å². The van der Waals surface area contributed by atoms with Crippen LogP contribution in [0.3, 0.4) is 0 Å². The fourth-order valence-corrected chi connectivity index (χ4v) is 3.03. The summed E-state index contributed by atoms with van der Waals surface area (Å²) in [6.07, 6.45) is 1.71. The molecule has 0 saturated carbocycles. The van der Waals surface area contributed by atoms with Crippen molar-refractivity contribution in [2.75, 3.05) is 13.6 Å². The molecule has 5 nitrogen and oxygen atoms in total. The highest BCUT2D eigenvalue weighted by atomic mass is 32.2. The zero-order valence-corrected chi connectivity index (χ0v) is 12.5. The van der Waals surface area contributed by atoms with E-state index in [4.69, 9.17) is 0 Å². The Morgan fingerprint density at radius 1 is 1.24 bits per heavy atom. The Kier molecular flexibility index (Phi) is 4.24. The van der Waals surface area contributed by atoms with Crippen LogP contribution in [0.5, 0.6) is 0 Å². The summed E-state index contributed by atoms with van der Waals surface area (Å²) in [5.74, 6) is -0.827. The maximum Gasteiger partial charge on any atom is 0.243 e. The van der Waals surface area contributed by atoms with Crippen LogP contribution >= 0.6 is 0 Å². The van der Waals surface area contributed by atoms with Crippen molar-refractivity contribution in [2.45, 2.75) is 4.90 Å². The molecule has 7 heteroatoms. The van der Waals surface area contributed by atoms with Gasteiger partial charge in [0.1, 0.15) is 5.82 Å². The fraction of sp³-hybridized carbons (Fsp3) is 0.214. The Labute approximate surface area is 122 Å². The smallest absolute Gasteiger partial charge is 0.243 e. The Hall–Kier alpha value is -1.99. The highest BCUT2D eigenvalue weighted by Crippen LogP contribution is 2.15. The summed E-state index contributed by atoms with van der Waals surface area (Å²) < 4.78 is 40.0. The van der Waals surface area contributed by atoms with Crippen LogP contribution in [0.15, 0.2) is 47.5 Å². The van der Waals surface area contributed by atoms with Gasteiger partial charge in [0, 0.05) is 20.3 Å². The minimum absolute atomic E-state index is 0.0499. The van der Waals surface area contributed by atoms with Crippen LogP contribution in [0.25, 0.3) is 0 Å². The lowest BCUT2D eigenvalue weighted by Gasteiger charge is -2.16. The number of aromatic nitrogens is 1. The molecule has 112 valence electrons. The first kappa shape index (κ1) is 15.4. The highest BCUT2D eigenvalue weighted by Gasteiger charge is 2.24. The molecule has 0 unspecified atom stereocenters. The largest absolute Gasteiger partial charge is 0.348 e. The number of sulfonamides is 1. The third-order valence-electron chi connectivity index (χ3n) is 3.12. The van der Waals surface area contributed by atoms with Gasteiger partial charge in [-0.05, 0) is 36.4 Å². The van der Waals surface area contributed by atoms with E-state index in [1.807, 2.05) is 0 Å². The van der Waals surface area contributed by atoms with Crippen molar-refractivity contribution >= 4 is 15.8 Å². The molecule has 0 fully saturated rings. The van der Waals surface area contributed by atoms with Crippen LogP contribution < -0.4 is 0 Å². The van der Waals surface area contributed by atoms with Gasteiger partial charge in [-0.1, -0.05) is 0 Å². The van der Waals surface area contributed by atoms with Gasteiger partial charge in [0.25, 0.3) is 0 Å². The lowest BCUT2D eigenvalue weighted by molar-refractivity contribution is 0.0965. The first-order valence-electron chi connectivity index (χ1n) is 6.19. The number of rotatable bonds is 5. The second kappa shape index (κ2) is 5.79. The van der Waals surface area contributed by atoms with E-state index in [1.54, 1.807) is 29.9 Å². The van der Waals surface area contributed by atoms with E-state index in [-0.39, 0.29) is 17.2 Å². The summed E-state index contributed by atoms with van der Waals surface area (Å²) in [6, 6.07) is 7.82. The second-order valence-corrected chi connectivity index (χ2v) is 6.69. The van der Waals surface area contributed by atoms with Crippen LogP contribution in [0.2, 0.25) is 0 Å². The summed E-state index contributed by atoms with van der Waals surface area (Å²) in [5.41, 5.74) is 0.427. The van der Waals surface area contributed by atoms with E-state index in [0.717, 1.165) is 16.4 Å². The molecule has 0 aliphatic heterocycles. The standard InChI is InChI=1S/C14H15FN2O3S/c1-16-9-3-4-13(16)14(18)10-17(2)21(19,20)12-7-5-11(15)6-8-12/h3-9H,10H2,1-2H3. The quantitative estimate of drug-likeness (QED) is 0.789. The minimum Gasteiger partial charge on any atom is -0.348 e. The van der Waals surface area contributed by atoms with Crippen molar-refractivity contribution in [2.24, 2.45) is 7.05 Å². The number of hydrogen-bond acceptors (Lipinski definition) is 3. The predicted molar refractivity (Wildman–Crippen MR) is 76.0 cm³/mol. The Morgan fingerprint density at radius 2 is 1.86 bits per heavy atom. The molecule has 0 amide bonds. The SMILES string of the molecule is CN(CC(=O)c1cccn1C)S(=O)(=O)c1ccc(F)cc1. The van der Waals surface area contributed by atoms with Gasteiger partial charge in [-0.3, -0.25) is 4.79 Å². The number of hydrogen-bond donors (Lipinski definition) is 0. The molecule has 1 aromatic heterocycles. The molecule has 0 aliphatic carbocycles. The molecule has 0 N–H and O–H groups in total. The normalized spacial score (nSPS) is 11.8. The lowest BCUT2D eigenvalue weighted by Crippen LogP contribution is -2.32. The maximum absolute atomic E-state index is 12.9. The van der Waals surface area contributed by atoms with Crippen molar-refractivity contribution in [3.05, 3.63) is 54.1 Å². The van der Waals surface area contributed by atoms with Crippen LogP contribution in [0.4, 0.5) is 4.39 Å². The van der Waals surface area contributed by atoms with Gasteiger partial charge in [-0.15, -0.1) is 0 Å².